The van der Waals surface area contributed by atoms with Crippen LogP contribution >= 0.6 is 0 Å². The second-order valence-electron chi connectivity index (χ2n) is 3.58. The quantitative estimate of drug-likeness (QED) is 0.585. The summed E-state index contributed by atoms with van der Waals surface area (Å²) < 4.78 is 0. The van der Waals surface area contributed by atoms with E-state index in [4.69, 9.17) is 5.73 Å². The lowest BCUT2D eigenvalue weighted by Gasteiger charge is -2.32. The SMILES string of the molecule is CC(NCCCN)C1CCC1. The topological polar surface area (TPSA) is 38.0 Å². The maximum atomic E-state index is 5.40. The molecule has 2 nitrogen and oxygen atoms in total. The molecule has 11 heavy (non-hydrogen) atoms. The van der Waals surface area contributed by atoms with Crippen LogP contribution in [0.3, 0.4) is 0 Å². The van der Waals surface area contributed by atoms with Gasteiger partial charge in [0, 0.05) is 6.04 Å². The van der Waals surface area contributed by atoms with Crippen LogP contribution in [0.5, 0.6) is 0 Å². The van der Waals surface area contributed by atoms with Crippen LogP contribution in [0, 0.1) is 5.92 Å². The van der Waals surface area contributed by atoms with Gasteiger partial charge in [-0.1, -0.05) is 6.42 Å². The Morgan fingerprint density at radius 3 is 2.73 bits per heavy atom. The van der Waals surface area contributed by atoms with Crippen LogP contribution < -0.4 is 11.1 Å². The van der Waals surface area contributed by atoms with Crippen LogP contribution in [0.1, 0.15) is 32.6 Å². The molecule has 0 bridgehead atoms. The summed E-state index contributed by atoms with van der Waals surface area (Å²) in [4.78, 5) is 0. The molecule has 0 heterocycles. The molecule has 0 aromatic heterocycles. The first kappa shape index (κ1) is 9.01. The predicted octanol–water partition coefficient (Wildman–Crippen LogP) is 1.11. The Labute approximate surface area is 69.5 Å². The summed E-state index contributed by atoms with van der Waals surface area (Å²) in [7, 11) is 0. The fraction of sp³-hybridized carbons (Fsp3) is 1.00. The van der Waals surface area contributed by atoms with E-state index >= 15 is 0 Å². The van der Waals surface area contributed by atoms with Crippen molar-refractivity contribution in [1.29, 1.82) is 0 Å². The minimum absolute atomic E-state index is 0.718. The largest absolute Gasteiger partial charge is 0.330 e. The van der Waals surface area contributed by atoms with Gasteiger partial charge in [-0.15, -0.1) is 0 Å². The number of nitrogens with two attached hydrogens (primary N) is 1. The average Bonchev–Trinajstić information content (AvgIpc) is 1.84. The molecular weight excluding hydrogens is 136 g/mol. The second-order valence-corrected chi connectivity index (χ2v) is 3.58. The van der Waals surface area contributed by atoms with Gasteiger partial charge in [0.25, 0.3) is 0 Å². The Morgan fingerprint density at radius 1 is 1.55 bits per heavy atom. The maximum Gasteiger partial charge on any atom is 0.00670 e. The molecule has 2 heteroatoms. The van der Waals surface area contributed by atoms with Crippen LogP contribution in [-0.2, 0) is 0 Å². The van der Waals surface area contributed by atoms with E-state index in [1.54, 1.807) is 0 Å². The Hall–Kier alpha value is -0.0800. The van der Waals surface area contributed by atoms with E-state index < -0.39 is 0 Å². The summed E-state index contributed by atoms with van der Waals surface area (Å²) in [5, 5.41) is 3.51. The highest BCUT2D eigenvalue weighted by molar-refractivity contribution is 4.79. The molecule has 0 amide bonds. The summed E-state index contributed by atoms with van der Waals surface area (Å²) in [5.74, 6) is 0.952. The van der Waals surface area contributed by atoms with Gasteiger partial charge in [-0.05, 0) is 45.2 Å². The Morgan fingerprint density at radius 2 is 2.27 bits per heavy atom. The summed E-state index contributed by atoms with van der Waals surface area (Å²) >= 11 is 0. The molecule has 0 saturated heterocycles. The molecule has 1 rings (SSSR count). The van der Waals surface area contributed by atoms with Gasteiger partial charge >= 0.3 is 0 Å². The molecule has 0 aromatic rings. The standard InChI is InChI=1S/C9H20N2/c1-8(9-4-2-5-9)11-7-3-6-10/h8-9,11H,2-7,10H2,1H3. The van der Waals surface area contributed by atoms with Crippen LogP contribution in [0.2, 0.25) is 0 Å². The van der Waals surface area contributed by atoms with E-state index in [0.717, 1.165) is 31.5 Å². The van der Waals surface area contributed by atoms with Gasteiger partial charge in [0.2, 0.25) is 0 Å². The van der Waals surface area contributed by atoms with Crippen molar-refractivity contribution in [3.8, 4) is 0 Å². The minimum atomic E-state index is 0.718. The Bertz CT molecular complexity index is 99.7. The van der Waals surface area contributed by atoms with E-state index in [9.17, 15) is 0 Å². The van der Waals surface area contributed by atoms with Crippen molar-refractivity contribution in [2.24, 2.45) is 11.7 Å². The predicted molar refractivity (Wildman–Crippen MR) is 48.5 cm³/mol. The van der Waals surface area contributed by atoms with E-state index in [1.807, 2.05) is 0 Å². The highest BCUT2D eigenvalue weighted by atomic mass is 14.9. The molecule has 0 aromatic carbocycles. The summed E-state index contributed by atoms with van der Waals surface area (Å²) in [5.41, 5.74) is 5.40. The molecule has 0 aliphatic heterocycles. The maximum absolute atomic E-state index is 5.40. The van der Waals surface area contributed by atoms with E-state index in [-0.39, 0.29) is 0 Å². The van der Waals surface area contributed by atoms with Crippen molar-refractivity contribution in [2.75, 3.05) is 13.1 Å². The van der Waals surface area contributed by atoms with E-state index in [0.29, 0.717) is 0 Å². The summed E-state index contributed by atoms with van der Waals surface area (Å²) in [6.45, 7) is 4.19. The van der Waals surface area contributed by atoms with Crippen molar-refractivity contribution in [1.82, 2.24) is 5.32 Å². The van der Waals surface area contributed by atoms with Gasteiger partial charge in [0.15, 0.2) is 0 Å². The van der Waals surface area contributed by atoms with Crippen molar-refractivity contribution in [3.63, 3.8) is 0 Å². The first-order valence-electron chi connectivity index (χ1n) is 4.78. The van der Waals surface area contributed by atoms with Gasteiger partial charge in [-0.25, -0.2) is 0 Å². The number of hydrogen-bond donors (Lipinski definition) is 2. The first-order chi connectivity index (χ1) is 5.34. The van der Waals surface area contributed by atoms with E-state index in [1.165, 1.54) is 19.3 Å². The lowest BCUT2D eigenvalue weighted by Crippen LogP contribution is -2.37. The molecule has 1 unspecified atom stereocenters. The van der Waals surface area contributed by atoms with Gasteiger partial charge < -0.3 is 11.1 Å². The Balaban J connectivity index is 1.96. The Kier molecular flexibility index (Phi) is 3.87. The molecule has 66 valence electrons. The molecule has 0 spiro atoms. The third-order valence-corrected chi connectivity index (χ3v) is 2.70. The molecule has 3 N–H and O–H groups in total. The number of nitrogens with one attached hydrogen (secondary N) is 1. The molecule has 1 atom stereocenters. The van der Waals surface area contributed by atoms with Crippen LogP contribution in [0.4, 0.5) is 0 Å². The molecule has 1 aliphatic rings. The number of rotatable bonds is 5. The van der Waals surface area contributed by atoms with Gasteiger partial charge in [-0.2, -0.15) is 0 Å². The fourth-order valence-electron chi connectivity index (χ4n) is 1.54. The first-order valence-corrected chi connectivity index (χ1v) is 4.78. The summed E-state index contributed by atoms with van der Waals surface area (Å²) in [6, 6.07) is 0.718. The molecular formula is C9H20N2. The second kappa shape index (κ2) is 4.73. The van der Waals surface area contributed by atoms with Crippen LogP contribution in [0.15, 0.2) is 0 Å². The monoisotopic (exact) mass is 156 g/mol. The average molecular weight is 156 g/mol. The molecule has 1 saturated carbocycles. The van der Waals surface area contributed by atoms with Crippen LogP contribution in [-0.4, -0.2) is 19.1 Å². The molecule has 0 radical (unpaired) electrons. The van der Waals surface area contributed by atoms with Crippen LogP contribution in [0.25, 0.3) is 0 Å². The van der Waals surface area contributed by atoms with Gasteiger partial charge in [-0.3, -0.25) is 0 Å². The van der Waals surface area contributed by atoms with E-state index in [2.05, 4.69) is 12.2 Å². The zero-order valence-corrected chi connectivity index (χ0v) is 7.47. The molecule has 1 aliphatic carbocycles. The highest BCUT2D eigenvalue weighted by Gasteiger charge is 2.22. The van der Waals surface area contributed by atoms with Gasteiger partial charge in [0.1, 0.15) is 0 Å². The zero-order chi connectivity index (χ0) is 8.10. The van der Waals surface area contributed by atoms with Crippen molar-refractivity contribution < 1.29 is 0 Å². The fourth-order valence-corrected chi connectivity index (χ4v) is 1.54. The van der Waals surface area contributed by atoms with Crippen molar-refractivity contribution in [2.45, 2.75) is 38.6 Å². The zero-order valence-electron chi connectivity index (χ0n) is 7.47. The number of hydrogen-bond acceptors (Lipinski definition) is 2. The third kappa shape index (κ3) is 2.80. The summed E-state index contributed by atoms with van der Waals surface area (Å²) in [6.07, 6.45) is 5.40. The smallest absolute Gasteiger partial charge is 0.00670 e. The van der Waals surface area contributed by atoms with Crippen molar-refractivity contribution >= 4 is 0 Å². The highest BCUT2D eigenvalue weighted by Crippen LogP contribution is 2.29. The lowest BCUT2D eigenvalue weighted by atomic mass is 9.80. The third-order valence-electron chi connectivity index (χ3n) is 2.70. The van der Waals surface area contributed by atoms with Crippen molar-refractivity contribution in [3.05, 3.63) is 0 Å². The van der Waals surface area contributed by atoms with Gasteiger partial charge in [0.05, 0.1) is 0 Å². The minimum Gasteiger partial charge on any atom is -0.330 e. The lowest BCUT2D eigenvalue weighted by molar-refractivity contribution is 0.241. The normalized spacial score (nSPS) is 21.3. The molecule has 1 fully saturated rings.